The van der Waals surface area contributed by atoms with Gasteiger partial charge in [0.1, 0.15) is 0 Å². The Morgan fingerprint density at radius 1 is 1.37 bits per heavy atom. The van der Waals surface area contributed by atoms with Crippen LogP contribution in [0.1, 0.15) is 25.7 Å². The van der Waals surface area contributed by atoms with Crippen molar-refractivity contribution in [3.63, 3.8) is 0 Å². The number of hydrogen-bond acceptors (Lipinski definition) is 1. The van der Waals surface area contributed by atoms with Gasteiger partial charge in [-0.25, -0.2) is 0 Å². The number of allylic oxidation sites excluding steroid dienone is 2. The van der Waals surface area contributed by atoms with Crippen LogP contribution in [0.2, 0.25) is 0 Å². The summed E-state index contributed by atoms with van der Waals surface area (Å²) in [5, 5.41) is 0. The molecule has 0 N–H and O–H groups in total. The van der Waals surface area contributed by atoms with E-state index in [1.54, 1.807) is 0 Å². The fourth-order valence-corrected chi connectivity index (χ4v) is 5.24. The summed E-state index contributed by atoms with van der Waals surface area (Å²) in [6.07, 6.45) is 15.4. The van der Waals surface area contributed by atoms with Crippen LogP contribution in [-0.2, 0) is 4.79 Å². The van der Waals surface area contributed by atoms with E-state index >= 15 is 0 Å². The first kappa shape index (κ1) is 11.5. The van der Waals surface area contributed by atoms with E-state index in [4.69, 9.17) is 0 Å². The molecule has 5 atom stereocenters. The molecule has 0 aromatic carbocycles. The molecule has 2 aliphatic carbocycles. The molecule has 2 aliphatic heterocycles. The quantitative estimate of drug-likeness (QED) is 0.695. The second-order valence-corrected chi connectivity index (χ2v) is 6.55. The van der Waals surface area contributed by atoms with Crippen molar-refractivity contribution in [3.05, 3.63) is 37.0 Å². The lowest BCUT2D eigenvalue weighted by Gasteiger charge is -2.42. The second-order valence-electron chi connectivity index (χ2n) is 6.55. The molecule has 2 fully saturated rings. The van der Waals surface area contributed by atoms with Crippen LogP contribution in [0.3, 0.4) is 0 Å². The number of rotatable bonds is 2. The molecule has 4 aliphatic rings. The minimum atomic E-state index is 0.0284. The van der Waals surface area contributed by atoms with Crippen molar-refractivity contribution in [1.29, 1.82) is 0 Å². The van der Waals surface area contributed by atoms with Gasteiger partial charge < -0.3 is 4.90 Å². The molecule has 2 nitrogen and oxygen atoms in total. The molecule has 1 saturated carbocycles. The highest BCUT2D eigenvalue weighted by molar-refractivity contribution is 5.85. The lowest BCUT2D eigenvalue weighted by molar-refractivity contribution is -0.134. The molecule has 100 valence electrons. The summed E-state index contributed by atoms with van der Waals surface area (Å²) in [6.45, 7) is 4.86. The van der Waals surface area contributed by atoms with Gasteiger partial charge in [-0.05, 0) is 37.5 Å². The first-order valence-electron chi connectivity index (χ1n) is 7.53. The van der Waals surface area contributed by atoms with Gasteiger partial charge in [0, 0.05) is 12.5 Å². The van der Waals surface area contributed by atoms with Crippen LogP contribution in [0.15, 0.2) is 37.0 Å². The van der Waals surface area contributed by atoms with Gasteiger partial charge in [0.05, 0.1) is 11.5 Å². The van der Waals surface area contributed by atoms with Crippen molar-refractivity contribution in [2.24, 2.45) is 23.7 Å². The zero-order chi connectivity index (χ0) is 13.0. The summed E-state index contributed by atoms with van der Waals surface area (Å²) >= 11 is 0. The maximum Gasteiger partial charge on any atom is 0.227 e. The average molecular weight is 255 g/mol. The van der Waals surface area contributed by atoms with Crippen molar-refractivity contribution >= 4 is 5.91 Å². The third-order valence-electron chi connectivity index (χ3n) is 5.82. The fraction of sp³-hybridized carbons (Fsp3) is 0.588. The monoisotopic (exact) mass is 255 g/mol. The van der Waals surface area contributed by atoms with Gasteiger partial charge >= 0.3 is 0 Å². The van der Waals surface area contributed by atoms with Gasteiger partial charge in [-0.1, -0.05) is 30.4 Å². The summed E-state index contributed by atoms with van der Waals surface area (Å²) < 4.78 is 0. The summed E-state index contributed by atoms with van der Waals surface area (Å²) in [7, 11) is 0. The predicted molar refractivity (Wildman–Crippen MR) is 75.3 cm³/mol. The molecule has 2 bridgehead atoms. The lowest BCUT2D eigenvalue weighted by Crippen LogP contribution is -2.49. The lowest BCUT2D eigenvalue weighted by atomic mass is 9.70. The van der Waals surface area contributed by atoms with Crippen LogP contribution in [0, 0.1) is 23.7 Å². The van der Waals surface area contributed by atoms with E-state index in [1.807, 2.05) is 6.08 Å². The second kappa shape index (κ2) is 3.84. The summed E-state index contributed by atoms with van der Waals surface area (Å²) in [4.78, 5) is 15.1. The minimum absolute atomic E-state index is 0.0284. The maximum atomic E-state index is 12.9. The van der Waals surface area contributed by atoms with Crippen LogP contribution in [0.5, 0.6) is 0 Å². The highest BCUT2D eigenvalue weighted by Gasteiger charge is 2.64. The van der Waals surface area contributed by atoms with Gasteiger partial charge in [-0.2, -0.15) is 0 Å². The molecule has 1 amide bonds. The smallest absolute Gasteiger partial charge is 0.227 e. The van der Waals surface area contributed by atoms with Gasteiger partial charge in [0.15, 0.2) is 0 Å². The van der Waals surface area contributed by atoms with Crippen LogP contribution in [-0.4, -0.2) is 22.9 Å². The number of carbonyl (C=O) groups is 1. The number of amides is 1. The molecular formula is C17H21NO. The first-order valence-corrected chi connectivity index (χ1v) is 7.53. The number of fused-ring (bicyclic) bond motifs is 7. The van der Waals surface area contributed by atoms with Crippen LogP contribution in [0.4, 0.5) is 0 Å². The fourth-order valence-electron chi connectivity index (χ4n) is 5.24. The largest absolute Gasteiger partial charge is 0.335 e. The average Bonchev–Trinajstić information content (AvgIpc) is 3.02. The van der Waals surface area contributed by atoms with Crippen LogP contribution < -0.4 is 0 Å². The van der Waals surface area contributed by atoms with Gasteiger partial charge in [-0.3, -0.25) is 4.79 Å². The maximum absolute atomic E-state index is 12.9. The van der Waals surface area contributed by atoms with E-state index in [0.29, 0.717) is 23.7 Å². The predicted octanol–water partition coefficient (Wildman–Crippen LogP) is 2.93. The highest BCUT2D eigenvalue weighted by Crippen LogP contribution is 2.60. The standard InChI is InChI=1S/C17H21NO/c1-2-8-17-9-4-3-5-10-18(17)16(19)14-12-6-7-13(11-12)15(14)17/h2-4,6-7,12-15H,1,5,8-11H2/t12-,13+,14-,15+,17+/m0/s1. The first-order chi connectivity index (χ1) is 9.28. The van der Waals surface area contributed by atoms with E-state index in [1.165, 1.54) is 6.42 Å². The molecule has 2 heteroatoms. The Labute approximate surface area is 114 Å². The number of hydrogen-bond donors (Lipinski definition) is 0. The van der Waals surface area contributed by atoms with Crippen LogP contribution >= 0.6 is 0 Å². The van der Waals surface area contributed by atoms with Crippen molar-refractivity contribution < 1.29 is 4.79 Å². The van der Waals surface area contributed by atoms with Gasteiger partial charge in [-0.15, -0.1) is 6.58 Å². The molecular weight excluding hydrogens is 234 g/mol. The minimum Gasteiger partial charge on any atom is -0.335 e. The molecule has 19 heavy (non-hydrogen) atoms. The Hall–Kier alpha value is -1.31. The highest BCUT2D eigenvalue weighted by atomic mass is 16.2. The topological polar surface area (TPSA) is 20.3 Å². The third kappa shape index (κ3) is 1.30. The van der Waals surface area contributed by atoms with Crippen molar-refractivity contribution in [3.8, 4) is 0 Å². The molecule has 0 aromatic heterocycles. The van der Waals surface area contributed by atoms with E-state index < -0.39 is 0 Å². The molecule has 1 saturated heterocycles. The molecule has 0 aromatic rings. The summed E-state index contributed by atoms with van der Waals surface area (Å²) in [5.74, 6) is 2.35. The molecule has 0 spiro atoms. The Morgan fingerprint density at radius 3 is 3.05 bits per heavy atom. The Bertz CT molecular complexity index is 491. The summed E-state index contributed by atoms with van der Waals surface area (Å²) in [6, 6.07) is 0. The van der Waals surface area contributed by atoms with E-state index in [2.05, 4.69) is 35.8 Å². The molecule has 0 radical (unpaired) electrons. The van der Waals surface area contributed by atoms with Gasteiger partial charge in [0.25, 0.3) is 0 Å². The Kier molecular flexibility index (Phi) is 2.33. The Morgan fingerprint density at radius 2 is 2.21 bits per heavy atom. The third-order valence-corrected chi connectivity index (χ3v) is 5.82. The number of nitrogens with zero attached hydrogens (tertiary/aromatic N) is 1. The van der Waals surface area contributed by atoms with Crippen molar-refractivity contribution in [2.75, 3.05) is 6.54 Å². The van der Waals surface area contributed by atoms with E-state index in [9.17, 15) is 4.79 Å². The van der Waals surface area contributed by atoms with Gasteiger partial charge in [0.2, 0.25) is 5.91 Å². The molecule has 2 heterocycles. The zero-order valence-corrected chi connectivity index (χ0v) is 11.3. The molecule has 0 unspecified atom stereocenters. The number of carbonyl (C=O) groups excluding carboxylic acids is 1. The van der Waals surface area contributed by atoms with E-state index in [0.717, 1.165) is 25.8 Å². The SMILES string of the molecule is C=CC[C@]12CC=CCCN1C(=O)[C@@H]1[C@H]2[C@@H]2C=C[C@H]1C2. The molecule has 4 rings (SSSR count). The van der Waals surface area contributed by atoms with Crippen LogP contribution in [0.25, 0.3) is 0 Å². The van der Waals surface area contributed by atoms with Crippen molar-refractivity contribution in [2.45, 2.75) is 31.2 Å². The normalized spacial score (nSPS) is 46.3. The summed E-state index contributed by atoms with van der Waals surface area (Å²) in [5.41, 5.74) is 0.0284. The van der Waals surface area contributed by atoms with Crippen molar-refractivity contribution in [1.82, 2.24) is 4.90 Å². The Balaban J connectivity index is 1.83. The zero-order valence-electron chi connectivity index (χ0n) is 11.3. The van der Waals surface area contributed by atoms with E-state index in [-0.39, 0.29) is 11.5 Å².